The van der Waals surface area contributed by atoms with Crippen LogP contribution in [0.3, 0.4) is 0 Å². The Morgan fingerprint density at radius 2 is 1.68 bits per heavy atom. The molecule has 0 fully saturated rings. The van der Waals surface area contributed by atoms with Crippen molar-refractivity contribution in [2.75, 3.05) is 4.43 Å². The summed E-state index contributed by atoms with van der Waals surface area (Å²) >= 11 is 2.36. The summed E-state index contributed by atoms with van der Waals surface area (Å²) in [5, 5.41) is 28.0. The molecule has 1 rings (SSSR count). The Bertz CT molecular complexity index is 432. The Balaban J connectivity index is 2.58. The highest BCUT2D eigenvalue weighted by molar-refractivity contribution is 14.1. The Kier molecular flexibility index (Phi) is 6.97. The fraction of sp³-hybridized carbons (Fsp3) is 0.500. The number of unbranched alkanes of at least 4 members (excludes halogenated alkanes) is 4. The molecule has 0 aliphatic rings. The molecular weight excluding hydrogens is 359 g/mol. The standard InChI is InChI=1S/C14H19IO4/c15-9-5-3-1-2-4-6-10-7-8-11(16)13(17)12(10)14(18)19/h7-8,16-17H,1-6,9H2,(H,18,19). The maximum atomic E-state index is 11.1. The highest BCUT2D eigenvalue weighted by Crippen LogP contribution is 2.32. The summed E-state index contributed by atoms with van der Waals surface area (Å²) in [6.45, 7) is 0. The van der Waals surface area contributed by atoms with Gasteiger partial charge in [-0.15, -0.1) is 0 Å². The molecule has 0 aliphatic carbocycles. The lowest BCUT2D eigenvalue weighted by atomic mass is 9.99. The van der Waals surface area contributed by atoms with Gasteiger partial charge in [0.25, 0.3) is 0 Å². The van der Waals surface area contributed by atoms with Crippen LogP contribution in [0, 0.1) is 0 Å². The zero-order valence-electron chi connectivity index (χ0n) is 10.7. The van der Waals surface area contributed by atoms with Gasteiger partial charge < -0.3 is 15.3 Å². The molecule has 4 nitrogen and oxygen atoms in total. The van der Waals surface area contributed by atoms with Gasteiger partial charge in [0.05, 0.1) is 0 Å². The molecule has 106 valence electrons. The monoisotopic (exact) mass is 378 g/mol. The average molecular weight is 378 g/mol. The number of aromatic hydroxyl groups is 2. The van der Waals surface area contributed by atoms with Crippen molar-refractivity contribution >= 4 is 28.6 Å². The highest BCUT2D eigenvalue weighted by atomic mass is 127. The number of phenols is 2. The molecule has 0 saturated carbocycles. The zero-order chi connectivity index (χ0) is 14.3. The van der Waals surface area contributed by atoms with Crippen molar-refractivity contribution in [3.05, 3.63) is 23.3 Å². The molecule has 0 radical (unpaired) electrons. The molecule has 3 N–H and O–H groups in total. The summed E-state index contributed by atoms with van der Waals surface area (Å²) in [6, 6.07) is 2.91. The van der Waals surface area contributed by atoms with Crippen molar-refractivity contribution in [3.63, 3.8) is 0 Å². The number of phenolic OH excluding ortho intramolecular Hbond substituents is 1. The van der Waals surface area contributed by atoms with Gasteiger partial charge in [-0.3, -0.25) is 0 Å². The molecule has 0 atom stereocenters. The van der Waals surface area contributed by atoms with Crippen molar-refractivity contribution in [2.24, 2.45) is 0 Å². The van der Waals surface area contributed by atoms with Gasteiger partial charge in [-0.1, -0.05) is 47.9 Å². The smallest absolute Gasteiger partial charge is 0.339 e. The van der Waals surface area contributed by atoms with Crippen LogP contribution in [-0.2, 0) is 6.42 Å². The fourth-order valence-electron chi connectivity index (χ4n) is 2.01. The van der Waals surface area contributed by atoms with E-state index >= 15 is 0 Å². The van der Waals surface area contributed by atoms with Crippen LogP contribution in [0.4, 0.5) is 0 Å². The van der Waals surface area contributed by atoms with Crippen LogP contribution in [0.1, 0.15) is 48.0 Å². The Hall–Kier alpha value is -0.980. The topological polar surface area (TPSA) is 77.8 Å². The first-order chi connectivity index (χ1) is 9.07. The van der Waals surface area contributed by atoms with Gasteiger partial charge in [-0.2, -0.15) is 0 Å². The lowest BCUT2D eigenvalue weighted by Gasteiger charge is -2.09. The third kappa shape index (κ3) is 4.89. The normalized spacial score (nSPS) is 10.6. The van der Waals surface area contributed by atoms with Gasteiger partial charge in [0.1, 0.15) is 5.56 Å². The maximum absolute atomic E-state index is 11.1. The Morgan fingerprint density at radius 1 is 1.05 bits per heavy atom. The summed E-state index contributed by atoms with van der Waals surface area (Å²) in [4.78, 5) is 11.1. The van der Waals surface area contributed by atoms with E-state index in [9.17, 15) is 15.0 Å². The van der Waals surface area contributed by atoms with E-state index in [2.05, 4.69) is 22.6 Å². The van der Waals surface area contributed by atoms with E-state index < -0.39 is 11.7 Å². The first-order valence-electron chi connectivity index (χ1n) is 6.41. The number of hydrogen-bond acceptors (Lipinski definition) is 3. The number of benzene rings is 1. The second-order valence-electron chi connectivity index (χ2n) is 4.48. The van der Waals surface area contributed by atoms with Crippen LogP contribution >= 0.6 is 22.6 Å². The number of carboxylic acids is 1. The number of rotatable bonds is 8. The molecule has 0 aliphatic heterocycles. The number of carboxylic acid groups (broad SMARTS) is 1. The Labute approximate surface area is 126 Å². The minimum absolute atomic E-state index is 0.174. The molecule has 0 saturated heterocycles. The number of hydrogen-bond donors (Lipinski definition) is 3. The summed E-state index contributed by atoms with van der Waals surface area (Å²) in [7, 11) is 0. The van der Waals surface area contributed by atoms with E-state index in [4.69, 9.17) is 5.11 Å². The number of halogens is 1. The molecule has 1 aromatic carbocycles. The fourth-order valence-corrected chi connectivity index (χ4v) is 2.55. The Morgan fingerprint density at radius 3 is 2.32 bits per heavy atom. The van der Waals surface area contributed by atoms with Crippen molar-refractivity contribution < 1.29 is 20.1 Å². The molecule has 19 heavy (non-hydrogen) atoms. The molecule has 0 aromatic heterocycles. The molecule has 0 bridgehead atoms. The molecule has 0 unspecified atom stereocenters. The molecule has 5 heteroatoms. The predicted molar refractivity (Wildman–Crippen MR) is 82.4 cm³/mol. The quantitative estimate of drug-likeness (QED) is 0.279. The van der Waals surface area contributed by atoms with Crippen molar-refractivity contribution in [2.45, 2.75) is 38.5 Å². The second-order valence-corrected chi connectivity index (χ2v) is 5.56. The summed E-state index contributed by atoms with van der Waals surface area (Å²) in [5.74, 6) is -2.12. The van der Waals surface area contributed by atoms with Crippen LogP contribution in [0.2, 0.25) is 0 Å². The second kappa shape index (κ2) is 8.24. The van der Waals surface area contributed by atoms with Gasteiger partial charge in [0.2, 0.25) is 0 Å². The number of aromatic carboxylic acids is 1. The third-order valence-electron chi connectivity index (χ3n) is 3.04. The summed E-state index contributed by atoms with van der Waals surface area (Å²) in [6.07, 6.45) is 6.13. The zero-order valence-corrected chi connectivity index (χ0v) is 12.9. The van der Waals surface area contributed by atoms with Gasteiger partial charge in [0, 0.05) is 0 Å². The average Bonchev–Trinajstić information content (AvgIpc) is 2.37. The summed E-state index contributed by atoms with van der Waals surface area (Å²) < 4.78 is 1.17. The van der Waals surface area contributed by atoms with E-state index in [1.54, 1.807) is 6.07 Å². The summed E-state index contributed by atoms with van der Waals surface area (Å²) in [5.41, 5.74) is 0.406. The van der Waals surface area contributed by atoms with E-state index in [1.807, 2.05) is 0 Å². The largest absolute Gasteiger partial charge is 0.504 e. The molecule has 0 amide bonds. The van der Waals surface area contributed by atoms with Crippen LogP contribution < -0.4 is 0 Å². The van der Waals surface area contributed by atoms with E-state index in [0.29, 0.717) is 12.0 Å². The van der Waals surface area contributed by atoms with Gasteiger partial charge in [-0.05, 0) is 35.3 Å². The van der Waals surface area contributed by atoms with Crippen LogP contribution in [0.25, 0.3) is 0 Å². The number of aryl methyl sites for hydroxylation is 1. The number of carbonyl (C=O) groups is 1. The van der Waals surface area contributed by atoms with Crippen LogP contribution in [0.15, 0.2) is 12.1 Å². The van der Waals surface area contributed by atoms with Crippen molar-refractivity contribution in [1.82, 2.24) is 0 Å². The minimum atomic E-state index is -1.20. The predicted octanol–water partition coefficient (Wildman–Crippen LogP) is 3.72. The van der Waals surface area contributed by atoms with Gasteiger partial charge in [0.15, 0.2) is 11.5 Å². The van der Waals surface area contributed by atoms with Gasteiger partial charge in [-0.25, -0.2) is 4.79 Å². The van der Waals surface area contributed by atoms with Gasteiger partial charge >= 0.3 is 5.97 Å². The molecular formula is C14H19IO4. The first kappa shape index (κ1) is 16.1. The highest BCUT2D eigenvalue weighted by Gasteiger charge is 2.18. The third-order valence-corrected chi connectivity index (χ3v) is 3.80. The van der Waals surface area contributed by atoms with Crippen molar-refractivity contribution in [3.8, 4) is 11.5 Å². The molecule has 1 aromatic rings. The van der Waals surface area contributed by atoms with E-state index in [0.717, 1.165) is 19.3 Å². The molecule has 0 heterocycles. The lowest BCUT2D eigenvalue weighted by molar-refractivity contribution is 0.0691. The SMILES string of the molecule is O=C(O)c1c(CCCCCCCI)ccc(O)c1O. The van der Waals surface area contributed by atoms with Crippen LogP contribution in [-0.4, -0.2) is 25.7 Å². The number of alkyl halides is 1. The van der Waals surface area contributed by atoms with Crippen molar-refractivity contribution in [1.29, 1.82) is 0 Å². The lowest BCUT2D eigenvalue weighted by Crippen LogP contribution is -2.03. The van der Waals surface area contributed by atoms with E-state index in [1.165, 1.54) is 23.3 Å². The molecule has 0 spiro atoms. The maximum Gasteiger partial charge on any atom is 0.339 e. The van der Waals surface area contributed by atoms with Crippen LogP contribution in [0.5, 0.6) is 11.5 Å². The minimum Gasteiger partial charge on any atom is -0.504 e. The van der Waals surface area contributed by atoms with E-state index in [-0.39, 0.29) is 11.3 Å². The first-order valence-corrected chi connectivity index (χ1v) is 7.93.